The third-order valence-corrected chi connectivity index (χ3v) is 4.76. The van der Waals surface area contributed by atoms with Gasteiger partial charge in [-0.1, -0.05) is 72.8 Å². The summed E-state index contributed by atoms with van der Waals surface area (Å²) >= 11 is 0. The Labute approximate surface area is 141 Å². The summed E-state index contributed by atoms with van der Waals surface area (Å²) in [7, 11) is 0. The van der Waals surface area contributed by atoms with Crippen LogP contribution in [-0.2, 0) is 0 Å². The molecule has 0 amide bonds. The van der Waals surface area contributed by atoms with Crippen molar-refractivity contribution < 1.29 is 4.42 Å². The first-order valence-electron chi connectivity index (χ1n) is 8.24. The maximum absolute atomic E-state index is 6.09. The average molecular weight is 308 g/mol. The molecular formula is C23H16O. The third kappa shape index (κ3) is 2.10. The summed E-state index contributed by atoms with van der Waals surface area (Å²) in [6.45, 7) is 0. The highest BCUT2D eigenvalue weighted by atomic mass is 16.3. The molecule has 1 heterocycles. The molecule has 1 heteroatoms. The van der Waals surface area contributed by atoms with Gasteiger partial charge in [0.05, 0.1) is 0 Å². The Bertz CT molecular complexity index is 1000. The molecule has 1 nitrogen and oxygen atoms in total. The van der Waals surface area contributed by atoms with Crippen LogP contribution in [0.5, 0.6) is 0 Å². The van der Waals surface area contributed by atoms with Crippen LogP contribution in [0.1, 0.15) is 17.0 Å². The van der Waals surface area contributed by atoms with Gasteiger partial charge in [-0.25, -0.2) is 0 Å². The van der Waals surface area contributed by atoms with Crippen molar-refractivity contribution in [2.24, 2.45) is 0 Å². The number of hydrogen-bond donors (Lipinski definition) is 0. The van der Waals surface area contributed by atoms with E-state index in [-0.39, 0.29) is 0 Å². The van der Waals surface area contributed by atoms with E-state index in [1.54, 1.807) is 0 Å². The summed E-state index contributed by atoms with van der Waals surface area (Å²) < 4.78 is 6.09. The van der Waals surface area contributed by atoms with Gasteiger partial charge in [-0.05, 0) is 34.9 Å². The van der Waals surface area contributed by atoms with E-state index in [1.165, 1.54) is 16.7 Å². The van der Waals surface area contributed by atoms with Crippen molar-refractivity contribution >= 4 is 6.08 Å². The van der Waals surface area contributed by atoms with Crippen LogP contribution in [0.25, 0.3) is 28.7 Å². The molecule has 0 N–H and O–H groups in total. The third-order valence-electron chi connectivity index (χ3n) is 4.76. The molecule has 24 heavy (non-hydrogen) atoms. The van der Waals surface area contributed by atoms with Crippen molar-refractivity contribution in [1.29, 1.82) is 0 Å². The van der Waals surface area contributed by atoms with Crippen molar-refractivity contribution in [3.8, 4) is 22.6 Å². The molecule has 0 fully saturated rings. The molecule has 0 saturated carbocycles. The lowest BCUT2D eigenvalue weighted by atomic mass is 9.92. The Hall–Kier alpha value is -3.06. The Morgan fingerprint density at radius 3 is 2.46 bits per heavy atom. The Balaban J connectivity index is 1.53. The predicted molar refractivity (Wildman–Crippen MR) is 98.6 cm³/mol. The minimum Gasteiger partial charge on any atom is -0.456 e. The topological polar surface area (TPSA) is 13.1 Å². The summed E-state index contributed by atoms with van der Waals surface area (Å²) in [5.74, 6) is 2.23. The zero-order chi connectivity index (χ0) is 15.9. The number of furan rings is 1. The molecule has 0 saturated heterocycles. The van der Waals surface area contributed by atoms with Gasteiger partial charge >= 0.3 is 0 Å². The van der Waals surface area contributed by atoms with Crippen molar-refractivity contribution in [1.82, 2.24) is 0 Å². The van der Waals surface area contributed by atoms with Gasteiger partial charge in [-0.2, -0.15) is 0 Å². The zero-order valence-electron chi connectivity index (χ0n) is 13.1. The first-order chi connectivity index (χ1) is 11.9. The molecule has 2 aliphatic carbocycles. The van der Waals surface area contributed by atoms with E-state index in [1.807, 2.05) is 24.3 Å². The van der Waals surface area contributed by atoms with Crippen LogP contribution in [0.2, 0.25) is 0 Å². The van der Waals surface area contributed by atoms with Crippen LogP contribution in [0.4, 0.5) is 0 Å². The predicted octanol–water partition coefficient (Wildman–Crippen LogP) is 6.22. The van der Waals surface area contributed by atoms with Gasteiger partial charge in [0.1, 0.15) is 11.5 Å². The Morgan fingerprint density at radius 2 is 1.58 bits per heavy atom. The van der Waals surface area contributed by atoms with Gasteiger partial charge in [0.2, 0.25) is 0 Å². The molecule has 0 bridgehead atoms. The number of hydrogen-bond acceptors (Lipinski definition) is 1. The van der Waals surface area contributed by atoms with Gasteiger partial charge in [-0.3, -0.25) is 0 Å². The van der Waals surface area contributed by atoms with Crippen LogP contribution >= 0.6 is 0 Å². The fourth-order valence-electron chi connectivity index (χ4n) is 3.54. The van der Waals surface area contributed by atoms with E-state index in [0.717, 1.165) is 22.6 Å². The van der Waals surface area contributed by atoms with Crippen molar-refractivity contribution in [3.05, 3.63) is 102 Å². The van der Waals surface area contributed by atoms with Gasteiger partial charge in [0.15, 0.2) is 0 Å². The standard InChI is InChI=1S/C23H16O/c1-2-6-16(7-3-1)22-12-13-23(24-22)18-10-11-21-19(15-18)14-17-8-4-5-9-20(17)21/h1-15,20H. The van der Waals surface area contributed by atoms with Gasteiger partial charge in [0.25, 0.3) is 0 Å². The molecule has 1 aromatic heterocycles. The number of fused-ring (bicyclic) bond motifs is 3. The van der Waals surface area contributed by atoms with Crippen LogP contribution in [0.3, 0.4) is 0 Å². The molecule has 2 aliphatic rings. The Morgan fingerprint density at radius 1 is 0.750 bits per heavy atom. The van der Waals surface area contributed by atoms with E-state index in [0.29, 0.717) is 5.92 Å². The summed E-state index contributed by atoms with van der Waals surface area (Å²) in [6.07, 6.45) is 11.0. The van der Waals surface area contributed by atoms with Gasteiger partial charge in [0, 0.05) is 17.0 Å². The molecular weight excluding hydrogens is 292 g/mol. The van der Waals surface area contributed by atoms with Gasteiger partial charge in [-0.15, -0.1) is 0 Å². The van der Waals surface area contributed by atoms with Gasteiger partial charge < -0.3 is 4.42 Å². The molecule has 0 spiro atoms. The maximum Gasteiger partial charge on any atom is 0.134 e. The first kappa shape index (κ1) is 13.4. The second-order valence-corrected chi connectivity index (χ2v) is 6.24. The second-order valence-electron chi connectivity index (χ2n) is 6.24. The lowest BCUT2D eigenvalue weighted by Crippen LogP contribution is -1.95. The fraction of sp³-hybridized carbons (Fsp3) is 0.0435. The van der Waals surface area contributed by atoms with E-state index >= 15 is 0 Å². The molecule has 0 radical (unpaired) electrons. The van der Waals surface area contributed by atoms with Crippen molar-refractivity contribution in [3.63, 3.8) is 0 Å². The van der Waals surface area contributed by atoms with Crippen LogP contribution < -0.4 is 0 Å². The summed E-state index contributed by atoms with van der Waals surface area (Å²) in [5.41, 5.74) is 6.27. The minimum absolute atomic E-state index is 0.413. The highest BCUT2D eigenvalue weighted by Crippen LogP contribution is 2.41. The summed E-state index contributed by atoms with van der Waals surface area (Å²) in [5, 5.41) is 0. The van der Waals surface area contributed by atoms with E-state index in [2.05, 4.69) is 66.8 Å². The highest BCUT2D eigenvalue weighted by molar-refractivity contribution is 5.76. The first-order valence-corrected chi connectivity index (χ1v) is 8.24. The van der Waals surface area contributed by atoms with Crippen LogP contribution in [0, 0.1) is 0 Å². The molecule has 5 rings (SSSR count). The summed E-state index contributed by atoms with van der Waals surface area (Å²) in [4.78, 5) is 0. The van der Waals surface area contributed by atoms with Crippen molar-refractivity contribution in [2.45, 2.75) is 5.92 Å². The quantitative estimate of drug-likeness (QED) is 0.547. The highest BCUT2D eigenvalue weighted by Gasteiger charge is 2.23. The number of benzene rings is 2. The molecule has 1 unspecified atom stereocenters. The lowest BCUT2D eigenvalue weighted by Gasteiger charge is -2.12. The zero-order valence-corrected chi connectivity index (χ0v) is 13.1. The normalized spacial score (nSPS) is 17.5. The molecule has 114 valence electrons. The second kappa shape index (κ2) is 5.24. The minimum atomic E-state index is 0.413. The van der Waals surface area contributed by atoms with E-state index < -0.39 is 0 Å². The lowest BCUT2D eigenvalue weighted by molar-refractivity contribution is 0.597. The smallest absolute Gasteiger partial charge is 0.134 e. The molecule has 3 aromatic rings. The fourth-order valence-corrected chi connectivity index (χ4v) is 3.54. The van der Waals surface area contributed by atoms with Crippen LogP contribution in [-0.4, -0.2) is 0 Å². The maximum atomic E-state index is 6.09. The molecule has 0 aliphatic heterocycles. The molecule has 2 aromatic carbocycles. The SMILES string of the molecule is C1=CC2=Cc3cc(-c4ccc(-c5ccccc5)o4)ccc3C2C=C1. The Kier molecular flexibility index (Phi) is 2.92. The van der Waals surface area contributed by atoms with E-state index in [4.69, 9.17) is 4.42 Å². The molecule has 1 atom stereocenters. The van der Waals surface area contributed by atoms with E-state index in [9.17, 15) is 0 Å². The summed E-state index contributed by atoms with van der Waals surface area (Å²) in [6, 6.07) is 20.9. The van der Waals surface area contributed by atoms with Crippen LogP contribution in [0.15, 0.2) is 95.0 Å². The average Bonchev–Trinajstić information content (AvgIpc) is 3.27. The number of allylic oxidation sites excluding steroid dienone is 5. The van der Waals surface area contributed by atoms with Crippen molar-refractivity contribution in [2.75, 3.05) is 0 Å². The number of rotatable bonds is 2. The largest absolute Gasteiger partial charge is 0.456 e. The monoisotopic (exact) mass is 308 g/mol.